The molecule has 2 aliphatic carbocycles. The number of esters is 1. The molecular weight excluding hydrogens is 288 g/mol. The van der Waals surface area contributed by atoms with Gasteiger partial charge in [-0.05, 0) is 44.8 Å². The second kappa shape index (κ2) is 6.98. The monoisotopic (exact) mass is 310 g/mol. The molecule has 2 aliphatic rings. The Hall–Kier alpha value is -1.79. The molecule has 22 heavy (non-hydrogen) atoms. The molecule has 0 aromatic rings. The van der Waals surface area contributed by atoms with E-state index in [1.165, 1.54) is 6.92 Å². The van der Waals surface area contributed by atoms with Gasteiger partial charge in [0.15, 0.2) is 0 Å². The van der Waals surface area contributed by atoms with E-state index in [0.29, 0.717) is 24.4 Å². The molecule has 1 atom stereocenters. The van der Waals surface area contributed by atoms with Crippen molar-refractivity contribution in [3.63, 3.8) is 0 Å². The highest BCUT2D eigenvalue weighted by Crippen LogP contribution is 2.31. The van der Waals surface area contributed by atoms with Crippen LogP contribution in [-0.4, -0.2) is 28.4 Å². The van der Waals surface area contributed by atoms with Crippen LogP contribution >= 0.6 is 0 Å². The van der Waals surface area contributed by atoms with E-state index in [0.717, 1.165) is 25.7 Å². The Morgan fingerprint density at radius 3 is 2.09 bits per heavy atom. The normalized spacial score (nSPS) is 19.2. The fraction of sp³-hybridized carbons (Fsp3) is 0.562. The SMILES string of the molecule is C=C(C)C(=O)OC(O)C(O)(OC1=CCCC1)OC1=CCCC1. The molecule has 0 fully saturated rings. The van der Waals surface area contributed by atoms with Crippen LogP contribution in [0.1, 0.15) is 45.4 Å². The molecule has 0 amide bonds. The summed E-state index contributed by atoms with van der Waals surface area (Å²) in [5, 5.41) is 20.6. The first-order chi connectivity index (χ1) is 10.4. The molecule has 0 saturated carbocycles. The first kappa shape index (κ1) is 16.6. The summed E-state index contributed by atoms with van der Waals surface area (Å²) in [5.74, 6) is -2.28. The minimum Gasteiger partial charge on any atom is -0.430 e. The number of hydrogen-bond donors (Lipinski definition) is 2. The van der Waals surface area contributed by atoms with Crippen molar-refractivity contribution in [2.45, 2.75) is 57.7 Å². The van der Waals surface area contributed by atoms with Gasteiger partial charge in [0, 0.05) is 18.4 Å². The van der Waals surface area contributed by atoms with Crippen molar-refractivity contribution in [2.75, 3.05) is 0 Å². The zero-order chi connectivity index (χ0) is 16.2. The lowest BCUT2D eigenvalue weighted by Crippen LogP contribution is -2.49. The number of rotatable bonds is 7. The van der Waals surface area contributed by atoms with Crippen molar-refractivity contribution in [2.24, 2.45) is 0 Å². The van der Waals surface area contributed by atoms with Crippen LogP contribution in [0, 0.1) is 0 Å². The maximum Gasteiger partial charge on any atom is 0.435 e. The van der Waals surface area contributed by atoms with Crippen LogP contribution in [0.25, 0.3) is 0 Å². The molecule has 0 aromatic heterocycles. The van der Waals surface area contributed by atoms with E-state index < -0.39 is 18.2 Å². The van der Waals surface area contributed by atoms with Crippen molar-refractivity contribution in [1.29, 1.82) is 0 Å². The van der Waals surface area contributed by atoms with E-state index in [-0.39, 0.29) is 5.57 Å². The van der Waals surface area contributed by atoms with E-state index in [9.17, 15) is 15.0 Å². The Balaban J connectivity index is 2.11. The van der Waals surface area contributed by atoms with E-state index in [2.05, 4.69) is 6.58 Å². The van der Waals surface area contributed by atoms with Crippen LogP contribution in [0.2, 0.25) is 0 Å². The summed E-state index contributed by atoms with van der Waals surface area (Å²) in [4.78, 5) is 11.5. The van der Waals surface area contributed by atoms with Gasteiger partial charge in [0.25, 0.3) is 0 Å². The number of aliphatic hydroxyl groups is 2. The molecule has 0 spiro atoms. The largest absolute Gasteiger partial charge is 0.435 e. The Bertz CT molecular complexity index is 479. The van der Waals surface area contributed by atoms with Crippen LogP contribution in [0.4, 0.5) is 0 Å². The molecule has 122 valence electrons. The fourth-order valence-electron chi connectivity index (χ4n) is 2.24. The highest BCUT2D eigenvalue weighted by atomic mass is 16.9. The molecule has 2 N–H and O–H groups in total. The van der Waals surface area contributed by atoms with Gasteiger partial charge in [-0.1, -0.05) is 6.58 Å². The smallest absolute Gasteiger partial charge is 0.430 e. The van der Waals surface area contributed by atoms with Crippen LogP contribution < -0.4 is 0 Å². The quantitative estimate of drug-likeness (QED) is 0.426. The highest BCUT2D eigenvalue weighted by molar-refractivity contribution is 5.87. The molecule has 6 nitrogen and oxygen atoms in total. The van der Waals surface area contributed by atoms with Gasteiger partial charge in [-0.3, -0.25) is 0 Å². The van der Waals surface area contributed by atoms with Crippen molar-refractivity contribution < 1.29 is 29.2 Å². The maximum absolute atomic E-state index is 11.5. The van der Waals surface area contributed by atoms with E-state index in [1.807, 2.05) is 12.2 Å². The van der Waals surface area contributed by atoms with Crippen LogP contribution in [0.5, 0.6) is 0 Å². The number of aliphatic hydroxyl groups excluding tert-OH is 1. The standard InChI is InChI=1S/C16H22O6/c1-11(2)14(17)20-15(18)16(19,21-12-7-3-4-8-12)22-13-9-5-6-10-13/h7,9,15,18-19H,1,3-6,8,10H2,2H3. The van der Waals surface area contributed by atoms with Crippen molar-refractivity contribution >= 4 is 5.97 Å². The lowest BCUT2D eigenvalue weighted by Gasteiger charge is -2.32. The van der Waals surface area contributed by atoms with Gasteiger partial charge in [0.2, 0.25) is 0 Å². The second-order valence-electron chi connectivity index (χ2n) is 5.50. The van der Waals surface area contributed by atoms with Crippen molar-refractivity contribution in [1.82, 2.24) is 0 Å². The van der Waals surface area contributed by atoms with Gasteiger partial charge in [-0.15, -0.1) is 0 Å². The molecular formula is C16H22O6. The number of carbonyl (C=O) groups excluding carboxylic acids is 1. The molecule has 6 heteroatoms. The topological polar surface area (TPSA) is 85.2 Å². The molecule has 0 saturated heterocycles. The number of carbonyl (C=O) groups is 1. The average Bonchev–Trinajstić information content (AvgIpc) is 3.12. The Labute approximate surface area is 129 Å². The summed E-state index contributed by atoms with van der Waals surface area (Å²) in [6, 6.07) is 0. The third-order valence-corrected chi connectivity index (χ3v) is 3.43. The zero-order valence-electron chi connectivity index (χ0n) is 12.7. The van der Waals surface area contributed by atoms with E-state index in [4.69, 9.17) is 14.2 Å². The third kappa shape index (κ3) is 4.11. The number of allylic oxidation sites excluding steroid dienone is 4. The molecule has 0 bridgehead atoms. The molecule has 0 aromatic carbocycles. The molecule has 0 heterocycles. The Morgan fingerprint density at radius 1 is 1.23 bits per heavy atom. The second-order valence-corrected chi connectivity index (χ2v) is 5.50. The predicted octanol–water partition coefficient (Wildman–Crippen LogP) is 2.24. The van der Waals surface area contributed by atoms with Gasteiger partial charge in [-0.25, -0.2) is 4.79 Å². The Morgan fingerprint density at radius 2 is 1.73 bits per heavy atom. The van der Waals surface area contributed by atoms with Gasteiger partial charge in [0.05, 0.1) is 11.5 Å². The first-order valence-electron chi connectivity index (χ1n) is 7.44. The van der Waals surface area contributed by atoms with Gasteiger partial charge >= 0.3 is 18.2 Å². The minimum absolute atomic E-state index is 0.0987. The average molecular weight is 310 g/mol. The van der Waals surface area contributed by atoms with Gasteiger partial charge in [0.1, 0.15) is 0 Å². The summed E-state index contributed by atoms with van der Waals surface area (Å²) >= 11 is 0. The van der Waals surface area contributed by atoms with Crippen LogP contribution in [0.3, 0.4) is 0 Å². The zero-order valence-corrected chi connectivity index (χ0v) is 12.7. The molecule has 2 rings (SSSR count). The fourth-order valence-corrected chi connectivity index (χ4v) is 2.24. The number of ether oxygens (including phenoxy) is 3. The predicted molar refractivity (Wildman–Crippen MR) is 77.9 cm³/mol. The Kier molecular flexibility index (Phi) is 5.26. The molecule has 0 aliphatic heterocycles. The summed E-state index contributed by atoms with van der Waals surface area (Å²) in [6.07, 6.45) is 6.35. The van der Waals surface area contributed by atoms with Crippen molar-refractivity contribution in [3.05, 3.63) is 35.8 Å². The van der Waals surface area contributed by atoms with Crippen LogP contribution in [-0.2, 0) is 19.0 Å². The summed E-state index contributed by atoms with van der Waals surface area (Å²) < 4.78 is 15.6. The van der Waals surface area contributed by atoms with E-state index >= 15 is 0 Å². The third-order valence-electron chi connectivity index (χ3n) is 3.43. The van der Waals surface area contributed by atoms with E-state index in [1.54, 1.807) is 0 Å². The lowest BCUT2D eigenvalue weighted by molar-refractivity contribution is -0.407. The maximum atomic E-state index is 11.5. The minimum atomic E-state index is -2.46. The lowest BCUT2D eigenvalue weighted by atomic mass is 10.3. The highest BCUT2D eigenvalue weighted by Gasteiger charge is 2.46. The number of hydrogen-bond acceptors (Lipinski definition) is 6. The summed E-state index contributed by atoms with van der Waals surface area (Å²) in [5.41, 5.74) is 0.0987. The first-order valence-corrected chi connectivity index (χ1v) is 7.44. The van der Waals surface area contributed by atoms with Gasteiger partial charge in [-0.2, -0.15) is 0 Å². The molecule has 0 radical (unpaired) electrons. The van der Waals surface area contributed by atoms with Gasteiger partial charge < -0.3 is 24.4 Å². The van der Waals surface area contributed by atoms with Crippen molar-refractivity contribution in [3.8, 4) is 0 Å². The summed E-state index contributed by atoms with van der Waals surface area (Å²) in [7, 11) is 0. The summed E-state index contributed by atoms with van der Waals surface area (Å²) in [6.45, 7) is 4.86. The molecule has 1 unspecified atom stereocenters. The van der Waals surface area contributed by atoms with Crippen LogP contribution in [0.15, 0.2) is 35.8 Å².